The number of ether oxygens (including phenoxy) is 1. The van der Waals surface area contributed by atoms with Gasteiger partial charge in [-0.25, -0.2) is 4.98 Å². The summed E-state index contributed by atoms with van der Waals surface area (Å²) in [6.07, 6.45) is 5.23. The molecule has 0 aliphatic rings. The van der Waals surface area contributed by atoms with Crippen LogP contribution in [0.1, 0.15) is 18.1 Å². The molecule has 2 aromatic heterocycles. The Morgan fingerprint density at radius 3 is 2.81 bits per heavy atom. The number of aromatic nitrogens is 3. The highest BCUT2D eigenvalue weighted by Crippen LogP contribution is 2.25. The monoisotopic (exact) mass is 350 g/mol. The smallest absolute Gasteiger partial charge is 0.224 e. The van der Waals surface area contributed by atoms with E-state index in [4.69, 9.17) is 4.74 Å². The van der Waals surface area contributed by atoms with Crippen LogP contribution >= 0.6 is 0 Å². The van der Waals surface area contributed by atoms with Crippen LogP contribution in [0.3, 0.4) is 0 Å². The molecule has 1 aromatic carbocycles. The molecule has 1 amide bonds. The van der Waals surface area contributed by atoms with Gasteiger partial charge in [0.2, 0.25) is 11.8 Å². The standard InChI is InChI=1S/C20H22N4O2/c1-15-7-3-4-9-18(15)26-20-17(8-5-10-21-20)13-22-19(25)16(2)14-24-12-6-11-23-24/h3-12,16H,13-14H2,1-2H3,(H,22,25). The lowest BCUT2D eigenvalue weighted by Gasteiger charge is -2.14. The first-order valence-corrected chi connectivity index (χ1v) is 8.56. The molecule has 2 heterocycles. The van der Waals surface area contributed by atoms with Gasteiger partial charge in [-0.2, -0.15) is 5.10 Å². The van der Waals surface area contributed by atoms with E-state index >= 15 is 0 Å². The van der Waals surface area contributed by atoms with E-state index in [0.717, 1.165) is 16.9 Å². The number of pyridine rings is 1. The van der Waals surface area contributed by atoms with E-state index in [1.165, 1.54) is 0 Å². The lowest BCUT2D eigenvalue weighted by Crippen LogP contribution is -2.31. The molecule has 1 atom stereocenters. The van der Waals surface area contributed by atoms with E-state index in [1.807, 2.05) is 62.5 Å². The van der Waals surface area contributed by atoms with E-state index in [0.29, 0.717) is 19.0 Å². The number of nitrogens with one attached hydrogen (secondary N) is 1. The number of rotatable bonds is 7. The Kier molecular flexibility index (Phi) is 5.63. The summed E-state index contributed by atoms with van der Waals surface area (Å²) >= 11 is 0. The number of para-hydroxylation sites is 1. The molecule has 0 saturated carbocycles. The van der Waals surface area contributed by atoms with Gasteiger partial charge in [-0.3, -0.25) is 9.48 Å². The zero-order valence-electron chi connectivity index (χ0n) is 14.9. The minimum Gasteiger partial charge on any atom is -0.438 e. The lowest BCUT2D eigenvalue weighted by atomic mass is 10.1. The van der Waals surface area contributed by atoms with E-state index in [1.54, 1.807) is 17.1 Å². The number of benzene rings is 1. The van der Waals surface area contributed by atoms with Crippen LogP contribution in [0, 0.1) is 12.8 Å². The van der Waals surface area contributed by atoms with Crippen LogP contribution in [-0.4, -0.2) is 20.7 Å². The van der Waals surface area contributed by atoms with Crippen LogP contribution < -0.4 is 10.1 Å². The molecule has 134 valence electrons. The molecular weight excluding hydrogens is 328 g/mol. The number of nitrogens with zero attached hydrogens (tertiary/aromatic N) is 3. The van der Waals surface area contributed by atoms with Crippen LogP contribution in [0.5, 0.6) is 11.6 Å². The predicted molar refractivity (Wildman–Crippen MR) is 98.7 cm³/mol. The highest BCUT2D eigenvalue weighted by atomic mass is 16.5. The summed E-state index contributed by atoms with van der Waals surface area (Å²) in [4.78, 5) is 16.7. The zero-order chi connectivity index (χ0) is 18.4. The second-order valence-corrected chi connectivity index (χ2v) is 6.18. The highest BCUT2D eigenvalue weighted by Gasteiger charge is 2.15. The third-order valence-corrected chi connectivity index (χ3v) is 4.07. The fourth-order valence-corrected chi connectivity index (χ4v) is 2.55. The number of hydrogen-bond donors (Lipinski definition) is 1. The molecule has 0 aliphatic heterocycles. The molecule has 0 fully saturated rings. The fourth-order valence-electron chi connectivity index (χ4n) is 2.55. The Balaban J connectivity index is 1.63. The van der Waals surface area contributed by atoms with Crippen molar-refractivity contribution in [1.29, 1.82) is 0 Å². The number of carbonyl (C=O) groups is 1. The van der Waals surface area contributed by atoms with Gasteiger partial charge < -0.3 is 10.1 Å². The molecule has 26 heavy (non-hydrogen) atoms. The van der Waals surface area contributed by atoms with Gasteiger partial charge in [0, 0.05) is 30.7 Å². The molecule has 0 saturated heterocycles. The number of hydrogen-bond acceptors (Lipinski definition) is 4. The van der Waals surface area contributed by atoms with Crippen LogP contribution in [0.4, 0.5) is 0 Å². The summed E-state index contributed by atoms with van der Waals surface area (Å²) < 4.78 is 7.69. The minimum atomic E-state index is -0.188. The SMILES string of the molecule is Cc1ccccc1Oc1ncccc1CNC(=O)C(C)Cn1cccn1. The van der Waals surface area contributed by atoms with Gasteiger partial charge >= 0.3 is 0 Å². The third-order valence-electron chi connectivity index (χ3n) is 4.07. The quantitative estimate of drug-likeness (QED) is 0.710. The summed E-state index contributed by atoms with van der Waals surface area (Å²) in [5, 5.41) is 7.08. The molecule has 0 bridgehead atoms. The normalized spacial score (nSPS) is 11.8. The van der Waals surface area contributed by atoms with Crippen molar-refractivity contribution in [3.8, 4) is 11.6 Å². The summed E-state index contributed by atoms with van der Waals surface area (Å²) in [7, 11) is 0. The number of amides is 1. The molecule has 6 heteroatoms. The van der Waals surface area contributed by atoms with Crippen molar-refractivity contribution in [2.24, 2.45) is 5.92 Å². The largest absolute Gasteiger partial charge is 0.438 e. The minimum absolute atomic E-state index is 0.0359. The maximum Gasteiger partial charge on any atom is 0.224 e. The van der Waals surface area contributed by atoms with Crippen molar-refractivity contribution < 1.29 is 9.53 Å². The van der Waals surface area contributed by atoms with E-state index < -0.39 is 0 Å². The van der Waals surface area contributed by atoms with Crippen molar-refractivity contribution in [2.45, 2.75) is 26.9 Å². The van der Waals surface area contributed by atoms with Gasteiger partial charge in [-0.1, -0.05) is 31.2 Å². The molecule has 1 N–H and O–H groups in total. The first-order chi connectivity index (χ1) is 12.6. The Hall–Kier alpha value is -3.15. The molecule has 6 nitrogen and oxygen atoms in total. The van der Waals surface area contributed by atoms with E-state index in [2.05, 4.69) is 15.4 Å². The highest BCUT2D eigenvalue weighted by molar-refractivity contribution is 5.78. The Labute approximate surface area is 152 Å². The Morgan fingerprint density at radius 2 is 2.04 bits per heavy atom. The van der Waals surface area contributed by atoms with Gasteiger partial charge in [0.25, 0.3) is 0 Å². The Bertz CT molecular complexity index is 862. The third kappa shape index (κ3) is 4.47. The molecule has 0 radical (unpaired) electrons. The summed E-state index contributed by atoms with van der Waals surface area (Å²) in [5.41, 5.74) is 1.86. The van der Waals surface area contributed by atoms with Gasteiger partial charge in [0.1, 0.15) is 5.75 Å². The first-order valence-electron chi connectivity index (χ1n) is 8.56. The van der Waals surface area contributed by atoms with Crippen LogP contribution in [0.2, 0.25) is 0 Å². The zero-order valence-corrected chi connectivity index (χ0v) is 14.9. The first kappa shape index (κ1) is 17.7. The second-order valence-electron chi connectivity index (χ2n) is 6.18. The maximum atomic E-state index is 12.4. The average molecular weight is 350 g/mol. The molecule has 3 rings (SSSR count). The molecule has 0 aliphatic carbocycles. The van der Waals surface area contributed by atoms with Crippen LogP contribution in [0.25, 0.3) is 0 Å². The topological polar surface area (TPSA) is 69.0 Å². The van der Waals surface area contributed by atoms with Crippen molar-refractivity contribution in [3.05, 3.63) is 72.2 Å². The predicted octanol–water partition coefficient (Wildman–Crippen LogP) is 3.33. The summed E-state index contributed by atoms with van der Waals surface area (Å²) in [6, 6.07) is 13.3. The molecule has 0 spiro atoms. The maximum absolute atomic E-state index is 12.4. The molecule has 3 aromatic rings. The van der Waals surface area contributed by atoms with Crippen LogP contribution in [-0.2, 0) is 17.9 Å². The van der Waals surface area contributed by atoms with Crippen molar-refractivity contribution >= 4 is 5.91 Å². The summed E-state index contributed by atoms with van der Waals surface area (Å²) in [5.74, 6) is 1.03. The lowest BCUT2D eigenvalue weighted by molar-refractivity contribution is -0.125. The fraction of sp³-hybridized carbons (Fsp3) is 0.250. The van der Waals surface area contributed by atoms with Gasteiger partial charge in [-0.15, -0.1) is 0 Å². The van der Waals surface area contributed by atoms with Gasteiger partial charge in [0.05, 0.1) is 12.5 Å². The number of carbonyl (C=O) groups excluding carboxylic acids is 1. The summed E-state index contributed by atoms with van der Waals surface area (Å²) in [6.45, 7) is 4.76. The van der Waals surface area contributed by atoms with Crippen molar-refractivity contribution in [3.63, 3.8) is 0 Å². The Morgan fingerprint density at radius 1 is 1.19 bits per heavy atom. The van der Waals surface area contributed by atoms with Crippen molar-refractivity contribution in [1.82, 2.24) is 20.1 Å². The van der Waals surface area contributed by atoms with Crippen LogP contribution in [0.15, 0.2) is 61.1 Å². The van der Waals surface area contributed by atoms with Gasteiger partial charge in [0.15, 0.2) is 0 Å². The van der Waals surface area contributed by atoms with Crippen molar-refractivity contribution in [2.75, 3.05) is 0 Å². The van der Waals surface area contributed by atoms with E-state index in [9.17, 15) is 4.79 Å². The van der Waals surface area contributed by atoms with E-state index in [-0.39, 0.29) is 11.8 Å². The van der Waals surface area contributed by atoms with Gasteiger partial charge in [-0.05, 0) is 30.7 Å². The second kappa shape index (κ2) is 8.29. The average Bonchev–Trinajstić information content (AvgIpc) is 3.15. The number of aryl methyl sites for hydroxylation is 1. The molecular formula is C20H22N4O2. The molecule has 1 unspecified atom stereocenters.